The molecule has 0 spiro atoms. The molecule has 6 aromatic rings. The van der Waals surface area contributed by atoms with Crippen molar-refractivity contribution < 1.29 is 26.3 Å². The van der Waals surface area contributed by atoms with Crippen LogP contribution in [0.2, 0.25) is 0 Å². The molecule has 0 aliphatic rings. The van der Waals surface area contributed by atoms with E-state index in [9.17, 15) is 31.6 Å². The number of halogens is 6. The van der Waals surface area contributed by atoms with Crippen LogP contribution in [0.15, 0.2) is 78.9 Å². The van der Waals surface area contributed by atoms with Crippen LogP contribution in [0.1, 0.15) is 28.3 Å². The van der Waals surface area contributed by atoms with Crippen molar-refractivity contribution in [2.45, 2.75) is 26.2 Å². The third kappa shape index (κ3) is 5.05. The number of benzene rings is 4. The summed E-state index contributed by atoms with van der Waals surface area (Å²) in [5.41, 5.74) is -0.201. The molecule has 0 fully saturated rings. The van der Waals surface area contributed by atoms with Crippen molar-refractivity contribution in [2.75, 3.05) is 0 Å². The van der Waals surface area contributed by atoms with Crippen LogP contribution in [0.5, 0.6) is 0 Å². The number of fused-ring (bicyclic) bond motifs is 3. The van der Waals surface area contributed by atoms with Crippen LogP contribution in [-0.4, -0.2) is 19.5 Å². The Morgan fingerprint density at radius 3 is 1.91 bits per heavy atom. The fourth-order valence-electron chi connectivity index (χ4n) is 5.25. The summed E-state index contributed by atoms with van der Waals surface area (Å²) in [7, 11) is 0. The first-order valence-electron chi connectivity index (χ1n) is 12.9. The van der Waals surface area contributed by atoms with Crippen LogP contribution < -0.4 is 0 Å². The number of aromatic nitrogens is 4. The van der Waals surface area contributed by atoms with E-state index < -0.39 is 23.5 Å². The lowest BCUT2D eigenvalue weighted by Gasteiger charge is -2.16. The summed E-state index contributed by atoms with van der Waals surface area (Å²) in [6.07, 6.45) is -9.96. The SMILES string of the molecule is Cc1nc(C)nc(-c2cc(C#N)ccc2-n2c3ccccc3c3ccc(-c4cc(C(F)(F)F)cc(C(F)(F)F)c4)cc32)n1. The molecule has 0 aliphatic carbocycles. The molecule has 0 unspecified atom stereocenters. The second-order valence-electron chi connectivity index (χ2n) is 9.98. The summed E-state index contributed by atoms with van der Waals surface area (Å²) in [4.78, 5) is 13.2. The maximum absolute atomic E-state index is 13.6. The van der Waals surface area contributed by atoms with E-state index in [2.05, 4.69) is 21.0 Å². The number of alkyl halides is 6. The molecule has 0 saturated carbocycles. The number of para-hydroxylation sites is 1. The van der Waals surface area contributed by atoms with E-state index in [-0.39, 0.29) is 17.2 Å². The molecule has 4 aromatic carbocycles. The molecule has 5 nitrogen and oxygen atoms in total. The quantitative estimate of drug-likeness (QED) is 0.194. The first kappa shape index (κ1) is 27.9. The normalized spacial score (nSPS) is 12.2. The van der Waals surface area contributed by atoms with Crippen molar-refractivity contribution in [2.24, 2.45) is 0 Å². The Hall–Kier alpha value is -5.24. The monoisotopic (exact) mass is 587 g/mol. The van der Waals surface area contributed by atoms with Gasteiger partial charge in [-0.05, 0) is 73.5 Å². The first-order valence-corrected chi connectivity index (χ1v) is 12.9. The Morgan fingerprint density at radius 2 is 1.28 bits per heavy atom. The van der Waals surface area contributed by atoms with E-state index in [1.54, 1.807) is 44.2 Å². The van der Waals surface area contributed by atoms with Crippen LogP contribution in [0.25, 0.3) is 50.0 Å². The van der Waals surface area contributed by atoms with Gasteiger partial charge in [-0.3, -0.25) is 0 Å². The van der Waals surface area contributed by atoms with Gasteiger partial charge in [0.25, 0.3) is 0 Å². The zero-order valence-electron chi connectivity index (χ0n) is 22.5. The predicted octanol–water partition coefficient (Wildman–Crippen LogP) is 8.83. The molecule has 11 heteroatoms. The number of aryl methyl sites for hydroxylation is 2. The summed E-state index contributed by atoms with van der Waals surface area (Å²) in [5, 5.41) is 11.2. The zero-order chi connectivity index (χ0) is 30.7. The van der Waals surface area contributed by atoms with Gasteiger partial charge in [-0.25, -0.2) is 15.0 Å². The predicted molar refractivity (Wildman–Crippen MR) is 149 cm³/mol. The molecule has 43 heavy (non-hydrogen) atoms. The molecule has 6 rings (SSSR count). The molecule has 2 heterocycles. The highest BCUT2D eigenvalue weighted by atomic mass is 19.4. The minimum atomic E-state index is -4.98. The van der Waals surface area contributed by atoms with Gasteiger partial charge in [0.15, 0.2) is 5.82 Å². The van der Waals surface area contributed by atoms with Crippen LogP contribution in [0, 0.1) is 25.2 Å². The maximum atomic E-state index is 13.6. The lowest BCUT2D eigenvalue weighted by molar-refractivity contribution is -0.143. The molecule has 0 saturated heterocycles. The zero-order valence-corrected chi connectivity index (χ0v) is 22.5. The van der Waals surface area contributed by atoms with E-state index in [0.29, 0.717) is 51.9 Å². The van der Waals surface area contributed by atoms with E-state index in [1.807, 2.05) is 28.8 Å². The molecule has 0 aliphatic heterocycles. The van der Waals surface area contributed by atoms with Crippen LogP contribution in [0.3, 0.4) is 0 Å². The molecule has 0 N–H and O–H groups in total. The molecular formula is C32H19F6N5. The van der Waals surface area contributed by atoms with Gasteiger partial charge in [0.1, 0.15) is 11.6 Å². The molecular weight excluding hydrogens is 568 g/mol. The fourth-order valence-corrected chi connectivity index (χ4v) is 5.25. The molecule has 0 atom stereocenters. The van der Waals surface area contributed by atoms with E-state index >= 15 is 0 Å². The topological polar surface area (TPSA) is 67.4 Å². The van der Waals surface area contributed by atoms with Gasteiger partial charge in [0, 0.05) is 16.3 Å². The second-order valence-corrected chi connectivity index (χ2v) is 9.98. The summed E-state index contributed by atoms with van der Waals surface area (Å²) < 4.78 is 83.7. The third-order valence-corrected chi connectivity index (χ3v) is 7.06. The van der Waals surface area contributed by atoms with Crippen molar-refractivity contribution in [3.63, 3.8) is 0 Å². The molecule has 0 amide bonds. The highest BCUT2D eigenvalue weighted by molar-refractivity contribution is 6.10. The summed E-state index contributed by atoms with van der Waals surface area (Å²) in [6, 6.07) is 20.8. The van der Waals surface area contributed by atoms with Crippen molar-refractivity contribution in [1.29, 1.82) is 5.26 Å². The lowest BCUT2D eigenvalue weighted by atomic mass is 9.98. The fraction of sp³-hybridized carbons (Fsp3) is 0.125. The lowest BCUT2D eigenvalue weighted by Crippen LogP contribution is -2.11. The minimum Gasteiger partial charge on any atom is -0.308 e. The highest BCUT2D eigenvalue weighted by Crippen LogP contribution is 2.41. The Labute approximate surface area is 240 Å². The van der Waals surface area contributed by atoms with Gasteiger partial charge in [-0.2, -0.15) is 31.6 Å². The van der Waals surface area contributed by atoms with Gasteiger partial charge < -0.3 is 4.57 Å². The van der Waals surface area contributed by atoms with Crippen molar-refractivity contribution in [3.05, 3.63) is 107 Å². The summed E-state index contributed by atoms with van der Waals surface area (Å²) in [6.45, 7) is 3.42. The Morgan fingerprint density at radius 1 is 0.651 bits per heavy atom. The van der Waals surface area contributed by atoms with Crippen molar-refractivity contribution in [3.8, 4) is 34.3 Å². The molecule has 214 valence electrons. The van der Waals surface area contributed by atoms with Crippen molar-refractivity contribution in [1.82, 2.24) is 19.5 Å². The Balaban J connectivity index is 1.68. The second kappa shape index (κ2) is 9.94. The average molecular weight is 588 g/mol. The van der Waals surface area contributed by atoms with Gasteiger partial charge >= 0.3 is 12.4 Å². The number of hydrogen-bond acceptors (Lipinski definition) is 4. The standard InChI is InChI=1S/C32H19F6N5/c1-17-40-18(2)42-30(41-17)26-11-19(16-39)7-10-28(26)43-27-6-4-3-5-24(27)25-9-8-20(14-29(25)43)21-12-22(31(33,34)35)15-23(13-21)32(36,37)38/h3-15H,1-2H3. The highest BCUT2D eigenvalue weighted by Gasteiger charge is 2.37. The third-order valence-electron chi connectivity index (χ3n) is 7.06. The van der Waals surface area contributed by atoms with Gasteiger partial charge in [0.05, 0.1) is 39.5 Å². The summed E-state index contributed by atoms with van der Waals surface area (Å²) >= 11 is 0. The Bertz CT molecular complexity index is 2050. The van der Waals surface area contributed by atoms with E-state index in [1.165, 1.54) is 6.07 Å². The Kier molecular flexibility index (Phi) is 6.45. The van der Waals surface area contributed by atoms with Gasteiger partial charge in [-0.15, -0.1) is 0 Å². The number of nitriles is 1. The first-order chi connectivity index (χ1) is 20.3. The maximum Gasteiger partial charge on any atom is 0.416 e. The summed E-state index contributed by atoms with van der Waals surface area (Å²) in [5.74, 6) is 1.24. The molecule has 0 radical (unpaired) electrons. The van der Waals surface area contributed by atoms with Crippen LogP contribution >= 0.6 is 0 Å². The molecule has 2 aromatic heterocycles. The van der Waals surface area contributed by atoms with Crippen LogP contribution in [0.4, 0.5) is 26.3 Å². The van der Waals surface area contributed by atoms with Crippen molar-refractivity contribution >= 4 is 21.8 Å². The molecule has 0 bridgehead atoms. The number of nitrogens with zero attached hydrogens (tertiary/aromatic N) is 5. The number of hydrogen-bond donors (Lipinski definition) is 0. The van der Waals surface area contributed by atoms with Gasteiger partial charge in [-0.1, -0.05) is 30.3 Å². The van der Waals surface area contributed by atoms with E-state index in [0.717, 1.165) is 16.3 Å². The minimum absolute atomic E-state index is 0.112. The van der Waals surface area contributed by atoms with E-state index in [4.69, 9.17) is 0 Å². The number of rotatable bonds is 3. The smallest absolute Gasteiger partial charge is 0.308 e. The van der Waals surface area contributed by atoms with Crippen LogP contribution in [-0.2, 0) is 12.4 Å². The largest absolute Gasteiger partial charge is 0.416 e. The van der Waals surface area contributed by atoms with Gasteiger partial charge in [0.2, 0.25) is 0 Å². The average Bonchev–Trinajstić information content (AvgIpc) is 3.28.